The lowest BCUT2D eigenvalue weighted by molar-refractivity contribution is -0.121. The number of aromatic hydroxyl groups is 1. The molecular formula is C24H24N2O3. The molecule has 0 aliphatic rings. The third-order valence-electron chi connectivity index (χ3n) is 5.05. The maximum absolute atomic E-state index is 12.1. The second-order valence-corrected chi connectivity index (χ2v) is 7.18. The quantitative estimate of drug-likeness (QED) is 0.463. The third-order valence-corrected chi connectivity index (χ3v) is 5.05. The number of carbonyl (C=O) groups excluding carboxylic acids is 1. The molecule has 0 aliphatic heterocycles. The summed E-state index contributed by atoms with van der Waals surface area (Å²) >= 11 is 0. The lowest BCUT2D eigenvalue weighted by atomic mass is 10.1. The van der Waals surface area contributed by atoms with Gasteiger partial charge in [-0.15, -0.1) is 0 Å². The molecule has 0 radical (unpaired) electrons. The fraction of sp³-hybridized carbons (Fsp3) is 0.208. The molecule has 0 fully saturated rings. The van der Waals surface area contributed by atoms with Crippen molar-refractivity contribution in [3.63, 3.8) is 0 Å². The Labute approximate surface area is 169 Å². The first-order chi connectivity index (χ1) is 14.2. The Balaban J connectivity index is 1.39. The Morgan fingerprint density at radius 1 is 1.03 bits per heavy atom. The van der Waals surface area contributed by atoms with Crippen LogP contribution in [0.3, 0.4) is 0 Å². The van der Waals surface area contributed by atoms with E-state index >= 15 is 0 Å². The summed E-state index contributed by atoms with van der Waals surface area (Å²) < 4.78 is 7.46. The van der Waals surface area contributed by atoms with Crippen molar-refractivity contribution in [1.29, 1.82) is 0 Å². The first-order valence-corrected chi connectivity index (χ1v) is 9.83. The summed E-state index contributed by atoms with van der Waals surface area (Å²) in [5, 5.41) is 13.6. The number of para-hydroxylation sites is 1. The average molecular weight is 388 g/mol. The largest absolute Gasteiger partial charge is 0.508 e. The first kappa shape index (κ1) is 18.9. The number of furan rings is 1. The van der Waals surface area contributed by atoms with E-state index in [-0.39, 0.29) is 11.7 Å². The minimum atomic E-state index is 0.0363. The number of amides is 1. The molecule has 2 aromatic carbocycles. The van der Waals surface area contributed by atoms with Crippen LogP contribution in [0.15, 0.2) is 77.5 Å². The van der Waals surface area contributed by atoms with Gasteiger partial charge in [-0.3, -0.25) is 4.79 Å². The van der Waals surface area contributed by atoms with Crippen molar-refractivity contribution in [3.8, 4) is 5.75 Å². The average Bonchev–Trinajstić information content (AvgIpc) is 3.37. The number of aryl methyl sites for hydroxylation is 1. The summed E-state index contributed by atoms with van der Waals surface area (Å²) in [5.74, 6) is 1.07. The predicted octanol–water partition coefficient (Wildman–Crippen LogP) is 4.63. The van der Waals surface area contributed by atoms with E-state index in [0.717, 1.165) is 30.7 Å². The zero-order valence-corrected chi connectivity index (χ0v) is 16.2. The molecule has 0 bridgehead atoms. The van der Waals surface area contributed by atoms with Crippen molar-refractivity contribution < 1.29 is 14.3 Å². The van der Waals surface area contributed by atoms with Gasteiger partial charge >= 0.3 is 0 Å². The van der Waals surface area contributed by atoms with Crippen LogP contribution in [0, 0.1) is 0 Å². The molecule has 4 rings (SSSR count). The van der Waals surface area contributed by atoms with Crippen LogP contribution in [-0.2, 0) is 24.3 Å². The predicted molar refractivity (Wildman–Crippen MR) is 113 cm³/mol. The SMILES string of the molecule is O=C(CCCc1cn(Cc2ccc(O)cc2)c2ccccc12)NCc1ccco1. The Hall–Kier alpha value is -3.47. The van der Waals surface area contributed by atoms with Crippen LogP contribution < -0.4 is 5.32 Å². The van der Waals surface area contributed by atoms with E-state index in [1.165, 1.54) is 16.5 Å². The van der Waals surface area contributed by atoms with E-state index in [4.69, 9.17) is 4.42 Å². The summed E-state index contributed by atoms with van der Waals surface area (Å²) in [6, 6.07) is 19.3. The molecule has 5 nitrogen and oxygen atoms in total. The number of carbonyl (C=O) groups is 1. The summed E-state index contributed by atoms with van der Waals surface area (Å²) in [4.78, 5) is 12.1. The maximum atomic E-state index is 12.1. The standard InChI is InChI=1S/C24H24N2O3/c27-20-12-10-18(11-13-20)16-26-17-19(22-7-1-2-8-23(22)26)5-3-9-24(28)25-15-21-6-4-14-29-21/h1-2,4,6-8,10-14,17,27H,3,5,9,15-16H2,(H,25,28). The van der Waals surface area contributed by atoms with Crippen molar-refractivity contribution in [2.75, 3.05) is 0 Å². The van der Waals surface area contributed by atoms with Crippen LogP contribution in [0.4, 0.5) is 0 Å². The Kier molecular flexibility index (Phi) is 5.66. The molecule has 2 heterocycles. The van der Waals surface area contributed by atoms with E-state index in [1.54, 1.807) is 18.4 Å². The fourth-order valence-electron chi connectivity index (χ4n) is 3.58. The number of rotatable bonds is 8. The molecule has 0 aliphatic carbocycles. The molecule has 0 unspecified atom stereocenters. The molecular weight excluding hydrogens is 364 g/mol. The number of hydrogen-bond acceptors (Lipinski definition) is 3. The van der Waals surface area contributed by atoms with Crippen molar-refractivity contribution in [2.45, 2.75) is 32.4 Å². The molecule has 0 spiro atoms. The van der Waals surface area contributed by atoms with Gasteiger partial charge in [-0.25, -0.2) is 0 Å². The van der Waals surface area contributed by atoms with Crippen molar-refractivity contribution in [2.24, 2.45) is 0 Å². The fourth-order valence-corrected chi connectivity index (χ4v) is 3.58. The topological polar surface area (TPSA) is 67.4 Å². The van der Waals surface area contributed by atoms with E-state index < -0.39 is 0 Å². The number of nitrogens with one attached hydrogen (secondary N) is 1. The molecule has 0 saturated heterocycles. The summed E-state index contributed by atoms with van der Waals surface area (Å²) in [5.41, 5.74) is 3.56. The van der Waals surface area contributed by atoms with Gasteiger partial charge in [-0.2, -0.15) is 0 Å². The molecule has 148 valence electrons. The second-order valence-electron chi connectivity index (χ2n) is 7.18. The maximum Gasteiger partial charge on any atom is 0.220 e. The minimum absolute atomic E-state index is 0.0363. The van der Waals surface area contributed by atoms with Gasteiger partial charge in [0.1, 0.15) is 11.5 Å². The smallest absolute Gasteiger partial charge is 0.220 e. The van der Waals surface area contributed by atoms with Gasteiger partial charge in [0.15, 0.2) is 0 Å². The summed E-state index contributed by atoms with van der Waals surface area (Å²) in [6.07, 6.45) is 5.90. The van der Waals surface area contributed by atoms with Crippen molar-refractivity contribution in [3.05, 3.63) is 90.0 Å². The van der Waals surface area contributed by atoms with Crippen LogP contribution in [-0.4, -0.2) is 15.6 Å². The minimum Gasteiger partial charge on any atom is -0.508 e. The number of aromatic nitrogens is 1. The van der Waals surface area contributed by atoms with Gasteiger partial charge in [-0.05, 0) is 54.3 Å². The van der Waals surface area contributed by atoms with Gasteiger partial charge in [0.2, 0.25) is 5.91 Å². The van der Waals surface area contributed by atoms with Gasteiger partial charge in [0, 0.05) is 30.1 Å². The molecule has 5 heteroatoms. The van der Waals surface area contributed by atoms with Crippen LogP contribution >= 0.6 is 0 Å². The monoisotopic (exact) mass is 388 g/mol. The van der Waals surface area contributed by atoms with E-state index in [2.05, 4.69) is 28.2 Å². The summed E-state index contributed by atoms with van der Waals surface area (Å²) in [7, 11) is 0. The number of benzene rings is 2. The highest BCUT2D eigenvalue weighted by molar-refractivity contribution is 5.84. The van der Waals surface area contributed by atoms with E-state index in [1.807, 2.05) is 36.4 Å². The van der Waals surface area contributed by atoms with Crippen LogP contribution in [0.25, 0.3) is 10.9 Å². The second kappa shape index (κ2) is 8.69. The van der Waals surface area contributed by atoms with Gasteiger partial charge in [0.05, 0.1) is 12.8 Å². The van der Waals surface area contributed by atoms with E-state index in [0.29, 0.717) is 13.0 Å². The zero-order valence-electron chi connectivity index (χ0n) is 16.2. The Bertz CT molecular complexity index is 1080. The molecule has 0 atom stereocenters. The Morgan fingerprint density at radius 3 is 2.66 bits per heavy atom. The number of hydrogen-bond donors (Lipinski definition) is 2. The van der Waals surface area contributed by atoms with Gasteiger partial charge < -0.3 is 19.4 Å². The van der Waals surface area contributed by atoms with Gasteiger partial charge in [0.25, 0.3) is 0 Å². The highest BCUT2D eigenvalue weighted by Gasteiger charge is 2.10. The normalized spacial score (nSPS) is 11.0. The number of nitrogens with zero attached hydrogens (tertiary/aromatic N) is 1. The Morgan fingerprint density at radius 2 is 1.86 bits per heavy atom. The third kappa shape index (κ3) is 4.69. The summed E-state index contributed by atoms with van der Waals surface area (Å²) in [6.45, 7) is 1.17. The highest BCUT2D eigenvalue weighted by Crippen LogP contribution is 2.24. The van der Waals surface area contributed by atoms with Gasteiger partial charge in [-0.1, -0.05) is 30.3 Å². The first-order valence-electron chi connectivity index (χ1n) is 9.83. The number of phenols is 1. The lowest BCUT2D eigenvalue weighted by Crippen LogP contribution is -2.22. The van der Waals surface area contributed by atoms with E-state index in [9.17, 15) is 9.90 Å². The number of fused-ring (bicyclic) bond motifs is 1. The van der Waals surface area contributed by atoms with Crippen molar-refractivity contribution in [1.82, 2.24) is 9.88 Å². The zero-order chi connectivity index (χ0) is 20.1. The molecule has 2 aromatic heterocycles. The lowest BCUT2D eigenvalue weighted by Gasteiger charge is -2.05. The molecule has 2 N–H and O–H groups in total. The van der Waals surface area contributed by atoms with Crippen LogP contribution in [0.5, 0.6) is 5.75 Å². The number of phenolic OH excluding ortho intramolecular Hbond substituents is 1. The molecule has 29 heavy (non-hydrogen) atoms. The highest BCUT2D eigenvalue weighted by atomic mass is 16.3. The molecule has 1 amide bonds. The molecule has 0 saturated carbocycles. The molecule has 4 aromatic rings. The van der Waals surface area contributed by atoms with Crippen molar-refractivity contribution >= 4 is 16.8 Å². The van der Waals surface area contributed by atoms with Crippen LogP contribution in [0.1, 0.15) is 29.7 Å². The van der Waals surface area contributed by atoms with Crippen LogP contribution in [0.2, 0.25) is 0 Å².